The van der Waals surface area contributed by atoms with E-state index in [0.29, 0.717) is 11.5 Å². The van der Waals surface area contributed by atoms with Crippen LogP contribution in [0.4, 0.5) is 4.39 Å². The van der Waals surface area contributed by atoms with Gasteiger partial charge in [-0.1, -0.05) is 26.0 Å². The number of hydrogen-bond donors (Lipinski definition) is 1. The van der Waals surface area contributed by atoms with Crippen molar-refractivity contribution in [3.05, 3.63) is 29.6 Å². The van der Waals surface area contributed by atoms with Gasteiger partial charge in [0.1, 0.15) is 6.10 Å². The fourth-order valence-corrected chi connectivity index (χ4v) is 2.84. The van der Waals surface area contributed by atoms with Gasteiger partial charge in [0, 0.05) is 0 Å². The summed E-state index contributed by atoms with van der Waals surface area (Å²) < 4.78 is 19.6. The summed E-state index contributed by atoms with van der Waals surface area (Å²) >= 11 is 0. The number of aliphatic hydroxyl groups excluding tert-OH is 1. The van der Waals surface area contributed by atoms with Crippen LogP contribution in [0.5, 0.6) is 5.75 Å². The van der Waals surface area contributed by atoms with E-state index < -0.39 is 6.10 Å². The van der Waals surface area contributed by atoms with E-state index in [2.05, 4.69) is 13.8 Å². The third-order valence-electron chi connectivity index (χ3n) is 3.78. The van der Waals surface area contributed by atoms with Crippen LogP contribution in [-0.4, -0.2) is 17.3 Å². The van der Waals surface area contributed by atoms with Crippen molar-refractivity contribution >= 4 is 0 Å². The first kappa shape index (κ1) is 13.3. The highest BCUT2D eigenvalue weighted by molar-refractivity contribution is 5.30. The van der Waals surface area contributed by atoms with Crippen LogP contribution >= 0.6 is 0 Å². The normalized spacial score (nSPS) is 32.3. The van der Waals surface area contributed by atoms with Gasteiger partial charge in [0.15, 0.2) is 11.6 Å². The van der Waals surface area contributed by atoms with E-state index in [-0.39, 0.29) is 23.6 Å². The van der Waals surface area contributed by atoms with Gasteiger partial charge in [0.2, 0.25) is 0 Å². The Bertz CT molecular complexity index is 407. The number of ether oxygens (including phenoxy) is 1. The minimum Gasteiger partial charge on any atom is -0.484 e. The summed E-state index contributed by atoms with van der Waals surface area (Å²) in [5.74, 6) is 0.664. The van der Waals surface area contributed by atoms with Crippen molar-refractivity contribution in [2.24, 2.45) is 11.8 Å². The molecule has 3 heteroatoms. The smallest absolute Gasteiger partial charge is 0.167 e. The maximum atomic E-state index is 13.9. The molecule has 0 spiro atoms. The van der Waals surface area contributed by atoms with Crippen molar-refractivity contribution in [1.29, 1.82) is 0 Å². The zero-order chi connectivity index (χ0) is 13.3. The summed E-state index contributed by atoms with van der Waals surface area (Å²) in [7, 11) is 0. The van der Waals surface area contributed by atoms with E-state index in [1.54, 1.807) is 25.1 Å². The molecule has 2 nitrogen and oxygen atoms in total. The molecular formula is C15H21FO2. The third-order valence-corrected chi connectivity index (χ3v) is 3.78. The van der Waals surface area contributed by atoms with Gasteiger partial charge in [-0.2, -0.15) is 0 Å². The number of halogens is 1. The van der Waals surface area contributed by atoms with Gasteiger partial charge < -0.3 is 9.84 Å². The Hall–Kier alpha value is -1.09. The molecule has 1 aromatic rings. The molecule has 1 aliphatic rings. The van der Waals surface area contributed by atoms with Crippen molar-refractivity contribution in [3.63, 3.8) is 0 Å². The molecular weight excluding hydrogens is 231 g/mol. The van der Waals surface area contributed by atoms with Gasteiger partial charge >= 0.3 is 0 Å². The molecule has 1 aliphatic carbocycles. The number of aryl methyl sites for hydroxylation is 1. The van der Waals surface area contributed by atoms with Gasteiger partial charge in [-0.25, -0.2) is 4.39 Å². The van der Waals surface area contributed by atoms with E-state index in [9.17, 15) is 9.50 Å². The highest BCUT2D eigenvalue weighted by atomic mass is 19.1. The summed E-state index contributed by atoms with van der Waals surface area (Å²) in [5, 5.41) is 10.1. The van der Waals surface area contributed by atoms with Crippen molar-refractivity contribution in [2.75, 3.05) is 0 Å². The molecule has 18 heavy (non-hydrogen) atoms. The molecule has 0 radical (unpaired) electrons. The molecule has 0 aliphatic heterocycles. The first-order chi connectivity index (χ1) is 8.49. The molecule has 0 amide bonds. The molecule has 4 atom stereocenters. The average Bonchev–Trinajstić information content (AvgIpc) is 2.28. The predicted octanol–water partition coefficient (Wildman–Crippen LogP) is 3.31. The summed E-state index contributed by atoms with van der Waals surface area (Å²) in [6, 6.07) is 5.11. The molecule has 1 saturated carbocycles. The van der Waals surface area contributed by atoms with Gasteiger partial charge in [-0.05, 0) is 43.2 Å². The summed E-state index contributed by atoms with van der Waals surface area (Å²) in [4.78, 5) is 0. The lowest BCUT2D eigenvalue weighted by molar-refractivity contribution is -0.0403. The van der Waals surface area contributed by atoms with E-state index in [0.717, 1.165) is 12.8 Å². The topological polar surface area (TPSA) is 29.5 Å². The predicted molar refractivity (Wildman–Crippen MR) is 69.1 cm³/mol. The SMILES string of the molecule is Cc1cccc(OC2C(C)CC(C)CC2O)c1F. The average molecular weight is 252 g/mol. The van der Waals surface area contributed by atoms with Crippen LogP contribution in [0.15, 0.2) is 18.2 Å². The van der Waals surface area contributed by atoms with Gasteiger partial charge in [0.25, 0.3) is 0 Å². The van der Waals surface area contributed by atoms with Gasteiger partial charge in [-0.3, -0.25) is 0 Å². The van der Waals surface area contributed by atoms with Crippen molar-refractivity contribution in [1.82, 2.24) is 0 Å². The molecule has 0 bridgehead atoms. The highest BCUT2D eigenvalue weighted by Gasteiger charge is 2.34. The number of rotatable bonds is 2. The molecule has 0 saturated heterocycles. The second-order valence-corrected chi connectivity index (χ2v) is 5.59. The van der Waals surface area contributed by atoms with Crippen LogP contribution < -0.4 is 4.74 Å². The summed E-state index contributed by atoms with van der Waals surface area (Å²) in [6.45, 7) is 5.89. The maximum Gasteiger partial charge on any atom is 0.167 e. The second-order valence-electron chi connectivity index (χ2n) is 5.59. The van der Waals surface area contributed by atoms with Crippen LogP contribution in [-0.2, 0) is 0 Å². The fourth-order valence-electron chi connectivity index (χ4n) is 2.84. The maximum absolute atomic E-state index is 13.9. The minimum atomic E-state index is -0.510. The Labute approximate surface area is 108 Å². The summed E-state index contributed by atoms with van der Waals surface area (Å²) in [6.07, 6.45) is 0.915. The van der Waals surface area contributed by atoms with Crippen LogP contribution in [0, 0.1) is 24.6 Å². The standard InChI is InChI=1S/C15H21FO2/c1-9-7-11(3)15(12(17)8-9)18-13-6-4-5-10(2)14(13)16/h4-6,9,11-12,15,17H,7-8H2,1-3H3. The Morgan fingerprint density at radius 3 is 2.67 bits per heavy atom. The number of hydrogen-bond acceptors (Lipinski definition) is 2. The van der Waals surface area contributed by atoms with Crippen LogP contribution in [0.3, 0.4) is 0 Å². The quantitative estimate of drug-likeness (QED) is 0.875. The Morgan fingerprint density at radius 2 is 2.00 bits per heavy atom. The highest BCUT2D eigenvalue weighted by Crippen LogP contribution is 2.33. The van der Waals surface area contributed by atoms with E-state index >= 15 is 0 Å². The lowest BCUT2D eigenvalue weighted by atomic mass is 9.79. The molecule has 1 N–H and O–H groups in total. The first-order valence-electron chi connectivity index (χ1n) is 6.59. The minimum absolute atomic E-state index is 0.240. The fraction of sp³-hybridized carbons (Fsp3) is 0.600. The number of aliphatic hydroxyl groups is 1. The lowest BCUT2D eigenvalue weighted by Gasteiger charge is -2.36. The molecule has 0 aromatic heterocycles. The Kier molecular flexibility index (Phi) is 3.91. The first-order valence-corrected chi connectivity index (χ1v) is 6.59. The molecule has 1 aromatic carbocycles. The molecule has 0 heterocycles. The van der Waals surface area contributed by atoms with Crippen molar-refractivity contribution < 1.29 is 14.2 Å². The van der Waals surface area contributed by atoms with Crippen LogP contribution in [0.1, 0.15) is 32.3 Å². The van der Waals surface area contributed by atoms with E-state index in [4.69, 9.17) is 4.74 Å². The van der Waals surface area contributed by atoms with Crippen molar-refractivity contribution in [3.8, 4) is 5.75 Å². The monoisotopic (exact) mass is 252 g/mol. The van der Waals surface area contributed by atoms with Crippen LogP contribution in [0.2, 0.25) is 0 Å². The third kappa shape index (κ3) is 2.66. The largest absolute Gasteiger partial charge is 0.484 e. The lowest BCUT2D eigenvalue weighted by Crippen LogP contribution is -2.43. The van der Waals surface area contributed by atoms with Gasteiger partial charge in [-0.15, -0.1) is 0 Å². The molecule has 100 valence electrons. The Morgan fingerprint density at radius 1 is 1.28 bits per heavy atom. The van der Waals surface area contributed by atoms with E-state index in [1.807, 2.05) is 0 Å². The second kappa shape index (κ2) is 5.27. The molecule has 4 unspecified atom stereocenters. The van der Waals surface area contributed by atoms with Crippen LogP contribution in [0.25, 0.3) is 0 Å². The van der Waals surface area contributed by atoms with E-state index in [1.165, 1.54) is 0 Å². The zero-order valence-corrected chi connectivity index (χ0v) is 11.2. The molecule has 2 rings (SSSR count). The van der Waals surface area contributed by atoms with Crippen molar-refractivity contribution in [2.45, 2.75) is 45.8 Å². The zero-order valence-electron chi connectivity index (χ0n) is 11.2. The Balaban J connectivity index is 2.15. The number of benzene rings is 1. The van der Waals surface area contributed by atoms with Gasteiger partial charge in [0.05, 0.1) is 6.10 Å². The summed E-state index contributed by atoms with van der Waals surface area (Å²) in [5.41, 5.74) is 0.568. The molecule has 1 fully saturated rings.